The molecule has 3 aliphatic rings. The average molecular weight is 190 g/mol. The molecule has 3 rings (SSSR count). The van der Waals surface area contributed by atoms with Crippen molar-refractivity contribution in [3.05, 3.63) is 0 Å². The van der Waals surface area contributed by atoms with Crippen LogP contribution in [-0.2, 0) is 0 Å². The highest BCUT2D eigenvalue weighted by Gasteiger charge is 2.63. The van der Waals surface area contributed by atoms with Gasteiger partial charge in [0.05, 0.1) is 0 Å². The number of fused-ring (bicyclic) bond motifs is 1. The van der Waals surface area contributed by atoms with E-state index in [1.165, 1.54) is 25.7 Å². The fourth-order valence-corrected chi connectivity index (χ4v) is 3.45. The minimum absolute atomic E-state index is 0. The molecule has 0 heterocycles. The van der Waals surface area contributed by atoms with Gasteiger partial charge in [0.2, 0.25) is 0 Å². The minimum Gasteiger partial charge on any atom is -0.330 e. The fraction of sp³-hybridized carbons (Fsp3) is 1.00. The van der Waals surface area contributed by atoms with Crippen molar-refractivity contribution in [1.82, 2.24) is 0 Å². The Kier molecular flexibility index (Phi) is 2.48. The SMILES string of the molecule is CC1(C)C2CCC1(CCN)C2.Cl. The van der Waals surface area contributed by atoms with Gasteiger partial charge < -0.3 is 5.73 Å². The van der Waals surface area contributed by atoms with Crippen molar-refractivity contribution in [2.75, 3.05) is 6.54 Å². The number of hydrogen-bond acceptors (Lipinski definition) is 1. The summed E-state index contributed by atoms with van der Waals surface area (Å²) in [4.78, 5) is 0. The van der Waals surface area contributed by atoms with Gasteiger partial charge in [-0.05, 0) is 49.0 Å². The van der Waals surface area contributed by atoms with E-state index in [0.717, 1.165) is 12.5 Å². The Hall–Kier alpha value is 0.250. The lowest BCUT2D eigenvalue weighted by atomic mass is 9.50. The van der Waals surface area contributed by atoms with Gasteiger partial charge in [-0.3, -0.25) is 0 Å². The maximum atomic E-state index is 5.64. The Balaban J connectivity index is 0.000000720. The van der Waals surface area contributed by atoms with Crippen LogP contribution < -0.4 is 5.73 Å². The molecule has 2 atom stereocenters. The van der Waals surface area contributed by atoms with E-state index < -0.39 is 0 Å². The van der Waals surface area contributed by atoms with Crippen LogP contribution in [0.1, 0.15) is 39.5 Å². The highest BCUT2D eigenvalue weighted by molar-refractivity contribution is 5.85. The first-order valence-electron chi connectivity index (χ1n) is 4.82. The van der Waals surface area contributed by atoms with E-state index in [1.807, 2.05) is 0 Å². The van der Waals surface area contributed by atoms with Crippen LogP contribution >= 0.6 is 12.4 Å². The van der Waals surface area contributed by atoms with Crippen LogP contribution in [0.2, 0.25) is 0 Å². The van der Waals surface area contributed by atoms with Gasteiger partial charge in [-0.15, -0.1) is 12.4 Å². The van der Waals surface area contributed by atoms with Crippen LogP contribution in [0.5, 0.6) is 0 Å². The Morgan fingerprint density at radius 3 is 2.42 bits per heavy atom. The molecule has 3 saturated carbocycles. The van der Waals surface area contributed by atoms with Gasteiger partial charge in [-0.2, -0.15) is 0 Å². The van der Waals surface area contributed by atoms with E-state index in [-0.39, 0.29) is 12.4 Å². The molecule has 0 spiro atoms. The third-order valence-electron chi connectivity index (χ3n) is 4.62. The second-order valence-corrected chi connectivity index (χ2v) is 4.98. The standard InChI is InChI=1S/C10H19N.ClH/c1-9(2)8-3-4-10(9,7-8)5-6-11;/h8H,3-7,11H2,1-2H3;1H. The monoisotopic (exact) mass is 189 g/mol. The van der Waals surface area contributed by atoms with Crippen LogP contribution in [0.25, 0.3) is 0 Å². The molecular weight excluding hydrogens is 170 g/mol. The molecule has 0 amide bonds. The molecule has 72 valence electrons. The summed E-state index contributed by atoms with van der Waals surface area (Å²) in [6, 6.07) is 0. The number of hydrogen-bond donors (Lipinski definition) is 1. The number of halogens is 1. The lowest BCUT2D eigenvalue weighted by molar-refractivity contribution is -0.0596. The summed E-state index contributed by atoms with van der Waals surface area (Å²) in [5, 5.41) is 0. The van der Waals surface area contributed by atoms with E-state index >= 15 is 0 Å². The lowest BCUT2D eigenvalue weighted by Crippen LogP contribution is -2.48. The van der Waals surface area contributed by atoms with Crippen molar-refractivity contribution in [2.24, 2.45) is 22.5 Å². The number of rotatable bonds is 2. The molecule has 3 aliphatic carbocycles. The second kappa shape index (κ2) is 2.88. The largest absolute Gasteiger partial charge is 0.330 e. The van der Waals surface area contributed by atoms with Crippen LogP contribution in [0, 0.1) is 16.7 Å². The Morgan fingerprint density at radius 1 is 1.42 bits per heavy atom. The molecule has 2 N–H and O–H groups in total. The Bertz CT molecular complexity index is 175. The highest BCUT2D eigenvalue weighted by atomic mass is 35.5. The van der Waals surface area contributed by atoms with E-state index in [2.05, 4.69) is 13.8 Å². The summed E-state index contributed by atoms with van der Waals surface area (Å²) in [5.41, 5.74) is 6.92. The van der Waals surface area contributed by atoms with E-state index in [1.54, 1.807) is 0 Å². The molecule has 0 aromatic heterocycles. The van der Waals surface area contributed by atoms with Crippen molar-refractivity contribution < 1.29 is 0 Å². The van der Waals surface area contributed by atoms with E-state index in [0.29, 0.717) is 10.8 Å². The molecule has 0 radical (unpaired) electrons. The molecule has 2 heteroatoms. The summed E-state index contributed by atoms with van der Waals surface area (Å²) >= 11 is 0. The quantitative estimate of drug-likeness (QED) is 0.710. The molecule has 0 aromatic carbocycles. The van der Waals surface area contributed by atoms with Gasteiger partial charge in [0.15, 0.2) is 0 Å². The van der Waals surface area contributed by atoms with Crippen LogP contribution in [0.15, 0.2) is 0 Å². The molecule has 3 fully saturated rings. The maximum Gasteiger partial charge on any atom is -0.00718 e. The third-order valence-corrected chi connectivity index (χ3v) is 4.62. The van der Waals surface area contributed by atoms with Crippen molar-refractivity contribution in [3.63, 3.8) is 0 Å². The fourth-order valence-electron chi connectivity index (χ4n) is 3.45. The lowest BCUT2D eigenvalue weighted by Gasteiger charge is -2.55. The summed E-state index contributed by atoms with van der Waals surface area (Å²) in [6.07, 6.45) is 5.64. The van der Waals surface area contributed by atoms with Gasteiger partial charge in [0.1, 0.15) is 0 Å². The predicted octanol–water partition coefficient (Wildman–Crippen LogP) is 2.58. The third kappa shape index (κ3) is 0.958. The van der Waals surface area contributed by atoms with Gasteiger partial charge in [-0.25, -0.2) is 0 Å². The zero-order chi connectivity index (χ0) is 8.11. The molecule has 2 bridgehead atoms. The molecule has 0 saturated heterocycles. The average Bonchev–Trinajstić information content (AvgIpc) is 2.44. The first-order valence-corrected chi connectivity index (χ1v) is 4.82. The summed E-state index contributed by atoms with van der Waals surface area (Å²) in [7, 11) is 0. The molecular formula is C10H20ClN. The zero-order valence-corrected chi connectivity index (χ0v) is 8.91. The van der Waals surface area contributed by atoms with Gasteiger partial charge in [-0.1, -0.05) is 13.8 Å². The van der Waals surface area contributed by atoms with Crippen molar-refractivity contribution in [1.29, 1.82) is 0 Å². The second-order valence-electron chi connectivity index (χ2n) is 4.98. The van der Waals surface area contributed by atoms with Gasteiger partial charge in [0, 0.05) is 0 Å². The van der Waals surface area contributed by atoms with Crippen molar-refractivity contribution in [2.45, 2.75) is 39.5 Å². The first kappa shape index (κ1) is 10.3. The van der Waals surface area contributed by atoms with Crippen LogP contribution in [0.3, 0.4) is 0 Å². The minimum atomic E-state index is 0. The van der Waals surface area contributed by atoms with Gasteiger partial charge >= 0.3 is 0 Å². The first-order chi connectivity index (χ1) is 5.12. The number of nitrogens with two attached hydrogens (primary N) is 1. The van der Waals surface area contributed by atoms with Crippen molar-refractivity contribution >= 4 is 12.4 Å². The molecule has 2 unspecified atom stereocenters. The topological polar surface area (TPSA) is 26.0 Å². The maximum absolute atomic E-state index is 5.64. The normalized spacial score (nSPS) is 41.8. The Labute approximate surface area is 81.5 Å². The van der Waals surface area contributed by atoms with Crippen molar-refractivity contribution in [3.8, 4) is 0 Å². The molecule has 12 heavy (non-hydrogen) atoms. The summed E-state index contributed by atoms with van der Waals surface area (Å²) in [6.45, 7) is 5.75. The van der Waals surface area contributed by atoms with E-state index in [9.17, 15) is 0 Å². The molecule has 0 aromatic rings. The van der Waals surface area contributed by atoms with E-state index in [4.69, 9.17) is 5.73 Å². The summed E-state index contributed by atoms with van der Waals surface area (Å²) < 4.78 is 0. The molecule has 0 aliphatic heterocycles. The smallest absolute Gasteiger partial charge is 0.00718 e. The van der Waals surface area contributed by atoms with Crippen LogP contribution in [0.4, 0.5) is 0 Å². The highest BCUT2D eigenvalue weighted by Crippen LogP contribution is 2.71. The van der Waals surface area contributed by atoms with Crippen LogP contribution in [-0.4, -0.2) is 6.54 Å². The Morgan fingerprint density at radius 2 is 2.08 bits per heavy atom. The predicted molar refractivity (Wildman–Crippen MR) is 54.5 cm³/mol. The molecule has 1 nitrogen and oxygen atoms in total. The van der Waals surface area contributed by atoms with Gasteiger partial charge in [0.25, 0.3) is 0 Å². The zero-order valence-electron chi connectivity index (χ0n) is 8.10. The summed E-state index contributed by atoms with van der Waals surface area (Å²) in [5.74, 6) is 1.02.